The van der Waals surface area contributed by atoms with Crippen LogP contribution in [-0.4, -0.2) is 22.0 Å². The molecule has 1 amide bonds. The van der Waals surface area contributed by atoms with E-state index in [1.165, 1.54) is 18.2 Å². The second-order valence-corrected chi connectivity index (χ2v) is 7.91. The SMILES string of the molecule is O=C(N/N=C/c1ccc([N+](=O)[O-])o1)c1cc(-c2ccc(C(F)(F)F)cc2)nc(-c2ccc(C(F)(F)F)cc2)c1. The molecule has 4 rings (SSSR count). The second-order valence-electron chi connectivity index (χ2n) is 7.91. The van der Waals surface area contributed by atoms with Gasteiger partial charge in [0.1, 0.15) is 4.92 Å². The van der Waals surface area contributed by atoms with Crippen LogP contribution in [0.5, 0.6) is 0 Å². The highest BCUT2D eigenvalue weighted by Gasteiger charge is 2.31. The number of hydrogen-bond acceptors (Lipinski definition) is 6. The fraction of sp³-hybridized carbons (Fsp3) is 0.0800. The summed E-state index contributed by atoms with van der Waals surface area (Å²) < 4.78 is 82.7. The van der Waals surface area contributed by atoms with Crippen molar-refractivity contribution in [3.63, 3.8) is 0 Å². The molecule has 0 aliphatic heterocycles. The van der Waals surface area contributed by atoms with Crippen molar-refractivity contribution in [3.8, 4) is 22.5 Å². The van der Waals surface area contributed by atoms with Gasteiger partial charge >= 0.3 is 18.2 Å². The van der Waals surface area contributed by atoms with Crippen molar-refractivity contribution in [1.82, 2.24) is 10.4 Å². The summed E-state index contributed by atoms with van der Waals surface area (Å²) in [6, 6.07) is 12.7. The number of carbonyl (C=O) groups is 1. The number of alkyl halides is 6. The van der Waals surface area contributed by atoms with Gasteiger partial charge in [0.15, 0.2) is 5.76 Å². The van der Waals surface area contributed by atoms with Crippen LogP contribution in [0.4, 0.5) is 32.2 Å². The maximum Gasteiger partial charge on any atom is 0.433 e. The van der Waals surface area contributed by atoms with Gasteiger partial charge in [0.2, 0.25) is 0 Å². The van der Waals surface area contributed by atoms with Gasteiger partial charge in [-0.2, -0.15) is 31.4 Å². The monoisotopic (exact) mass is 548 g/mol. The Kier molecular flexibility index (Phi) is 7.21. The minimum absolute atomic E-state index is 0.0346. The summed E-state index contributed by atoms with van der Waals surface area (Å²) in [6.45, 7) is 0. The van der Waals surface area contributed by atoms with Crippen molar-refractivity contribution in [1.29, 1.82) is 0 Å². The van der Waals surface area contributed by atoms with Crippen molar-refractivity contribution in [2.75, 3.05) is 0 Å². The standard InChI is InChI=1S/C25H14F6N4O4/c26-24(27,28)17-5-1-14(2-6-17)20-11-16(23(36)34-32-13-19-9-10-22(39-19)35(37)38)12-21(33-20)15-3-7-18(8-4-15)25(29,30)31/h1-13H,(H,34,36)/b32-13+. The Morgan fingerprint density at radius 1 is 0.846 bits per heavy atom. The molecule has 0 unspecified atom stereocenters. The van der Waals surface area contributed by atoms with Crippen LogP contribution >= 0.6 is 0 Å². The number of hydrogen-bond donors (Lipinski definition) is 1. The molecule has 0 atom stereocenters. The lowest BCUT2D eigenvalue weighted by molar-refractivity contribution is -0.402. The average Bonchev–Trinajstić information content (AvgIpc) is 3.37. The molecular formula is C25H14F6N4O4. The lowest BCUT2D eigenvalue weighted by Gasteiger charge is -2.11. The number of nitrogens with one attached hydrogen (secondary N) is 1. The third-order valence-corrected chi connectivity index (χ3v) is 5.25. The van der Waals surface area contributed by atoms with E-state index < -0.39 is 40.2 Å². The summed E-state index contributed by atoms with van der Waals surface area (Å²) in [6.07, 6.45) is -8.16. The number of benzene rings is 2. The van der Waals surface area contributed by atoms with E-state index in [1.54, 1.807) is 0 Å². The molecule has 2 aromatic carbocycles. The number of furan rings is 1. The summed E-state index contributed by atoms with van der Waals surface area (Å²) in [5, 5.41) is 14.4. The van der Waals surface area contributed by atoms with Crippen LogP contribution in [0.15, 0.2) is 82.3 Å². The van der Waals surface area contributed by atoms with Gasteiger partial charge in [-0.3, -0.25) is 14.9 Å². The van der Waals surface area contributed by atoms with Gasteiger partial charge in [-0.1, -0.05) is 24.3 Å². The molecule has 0 spiro atoms. The van der Waals surface area contributed by atoms with Crippen LogP contribution in [0.1, 0.15) is 27.2 Å². The number of amides is 1. The maximum absolute atomic E-state index is 13.0. The van der Waals surface area contributed by atoms with Crippen molar-refractivity contribution in [2.45, 2.75) is 12.4 Å². The van der Waals surface area contributed by atoms with E-state index in [9.17, 15) is 41.3 Å². The third kappa shape index (κ3) is 6.47. The molecule has 0 aliphatic carbocycles. The highest BCUT2D eigenvalue weighted by Crippen LogP contribution is 2.33. The zero-order valence-corrected chi connectivity index (χ0v) is 19.2. The highest BCUT2D eigenvalue weighted by molar-refractivity contribution is 5.96. The van der Waals surface area contributed by atoms with Crippen molar-refractivity contribution in [2.24, 2.45) is 5.10 Å². The normalized spacial score (nSPS) is 12.1. The van der Waals surface area contributed by atoms with E-state index in [0.29, 0.717) is 0 Å². The molecule has 0 aliphatic rings. The fourth-order valence-corrected chi connectivity index (χ4v) is 3.35. The van der Waals surface area contributed by atoms with Gasteiger partial charge in [0, 0.05) is 16.7 Å². The molecule has 0 saturated heterocycles. The Labute approximate surface area is 214 Å². The fourth-order valence-electron chi connectivity index (χ4n) is 3.35. The molecule has 2 heterocycles. The van der Waals surface area contributed by atoms with Gasteiger partial charge < -0.3 is 4.42 Å². The molecule has 8 nitrogen and oxygen atoms in total. The predicted octanol–water partition coefficient (Wildman–Crippen LogP) is 6.72. The first kappa shape index (κ1) is 27.0. The predicted molar refractivity (Wildman–Crippen MR) is 126 cm³/mol. The second kappa shape index (κ2) is 10.4. The molecule has 1 N–H and O–H groups in total. The molecule has 0 radical (unpaired) electrons. The van der Waals surface area contributed by atoms with E-state index in [4.69, 9.17) is 4.42 Å². The van der Waals surface area contributed by atoms with Gasteiger partial charge in [-0.15, -0.1) is 0 Å². The molecule has 39 heavy (non-hydrogen) atoms. The first-order chi connectivity index (χ1) is 18.3. The van der Waals surface area contributed by atoms with E-state index in [1.807, 2.05) is 0 Å². The summed E-state index contributed by atoms with van der Waals surface area (Å²) in [5.41, 5.74) is 0.836. The first-order valence-corrected chi connectivity index (χ1v) is 10.8. The Bertz CT molecular complexity index is 1470. The summed E-state index contributed by atoms with van der Waals surface area (Å²) in [4.78, 5) is 27.1. The molecule has 4 aromatic rings. The summed E-state index contributed by atoms with van der Waals surface area (Å²) >= 11 is 0. The number of hydrazone groups is 1. The van der Waals surface area contributed by atoms with E-state index in [2.05, 4.69) is 15.5 Å². The molecule has 0 fully saturated rings. The van der Waals surface area contributed by atoms with E-state index in [0.717, 1.165) is 60.8 Å². The van der Waals surface area contributed by atoms with Gasteiger partial charge in [0.05, 0.1) is 34.8 Å². The van der Waals surface area contributed by atoms with E-state index in [-0.39, 0.29) is 33.8 Å². The molecule has 0 saturated carbocycles. The number of carbonyl (C=O) groups excluding carboxylic acids is 1. The maximum atomic E-state index is 13.0. The van der Waals surface area contributed by atoms with Crippen LogP contribution in [-0.2, 0) is 12.4 Å². The molecular weight excluding hydrogens is 534 g/mol. The van der Waals surface area contributed by atoms with Gasteiger partial charge in [-0.25, -0.2) is 10.4 Å². The van der Waals surface area contributed by atoms with Gasteiger partial charge in [0.25, 0.3) is 5.91 Å². The van der Waals surface area contributed by atoms with Crippen molar-refractivity contribution < 1.29 is 40.5 Å². The summed E-state index contributed by atoms with van der Waals surface area (Å²) in [5.74, 6) is -1.39. The van der Waals surface area contributed by atoms with Crippen LogP contribution in [0, 0.1) is 10.1 Å². The third-order valence-electron chi connectivity index (χ3n) is 5.25. The largest absolute Gasteiger partial charge is 0.433 e. The van der Waals surface area contributed by atoms with Crippen molar-refractivity contribution >= 4 is 18.0 Å². The van der Waals surface area contributed by atoms with Crippen LogP contribution in [0.3, 0.4) is 0 Å². The molecule has 0 bridgehead atoms. The van der Waals surface area contributed by atoms with Gasteiger partial charge in [-0.05, 0) is 42.5 Å². The Hall–Kier alpha value is -5.01. The average molecular weight is 548 g/mol. The number of aromatic nitrogens is 1. The quantitative estimate of drug-likeness (QED) is 0.125. The number of halogens is 6. The van der Waals surface area contributed by atoms with Crippen LogP contribution < -0.4 is 5.43 Å². The summed E-state index contributed by atoms with van der Waals surface area (Å²) in [7, 11) is 0. The lowest BCUT2D eigenvalue weighted by Crippen LogP contribution is -2.18. The minimum Gasteiger partial charge on any atom is -0.400 e. The lowest BCUT2D eigenvalue weighted by atomic mass is 10.0. The van der Waals surface area contributed by atoms with Crippen LogP contribution in [0.25, 0.3) is 22.5 Å². The first-order valence-electron chi connectivity index (χ1n) is 10.8. The Balaban J connectivity index is 1.68. The smallest absolute Gasteiger partial charge is 0.400 e. The number of pyridine rings is 1. The zero-order valence-electron chi connectivity index (χ0n) is 19.2. The number of nitrogens with zero attached hydrogens (tertiary/aromatic N) is 3. The van der Waals surface area contributed by atoms with Crippen molar-refractivity contribution in [3.05, 3.63) is 105 Å². The minimum atomic E-state index is -4.58. The highest BCUT2D eigenvalue weighted by atomic mass is 19.4. The molecule has 2 aromatic heterocycles. The van der Waals surface area contributed by atoms with E-state index >= 15 is 0 Å². The number of nitro groups is 1. The molecule has 14 heteroatoms. The zero-order chi connectivity index (χ0) is 28.4. The number of rotatable bonds is 6. The van der Waals surface area contributed by atoms with Crippen LogP contribution in [0.2, 0.25) is 0 Å². The Morgan fingerprint density at radius 2 is 1.33 bits per heavy atom. The molecule has 200 valence electrons. The Morgan fingerprint density at radius 3 is 1.74 bits per heavy atom. The topological polar surface area (TPSA) is 111 Å².